The summed E-state index contributed by atoms with van der Waals surface area (Å²) in [5.74, 6) is -0.850. The Hall–Kier alpha value is -2.89. The summed E-state index contributed by atoms with van der Waals surface area (Å²) < 4.78 is 16.9. The zero-order valence-corrected chi connectivity index (χ0v) is 48.7. The Morgan fingerprint density at radius 3 is 0.836 bits per heavy atom. The number of rotatable bonds is 58. The predicted octanol–water partition coefficient (Wildman–Crippen LogP) is 21.6. The number of hydrogen-bond acceptors (Lipinski definition) is 6. The molecule has 73 heavy (non-hydrogen) atoms. The van der Waals surface area contributed by atoms with E-state index < -0.39 is 6.10 Å². The highest BCUT2D eigenvalue weighted by molar-refractivity contribution is 5.71. The van der Waals surface area contributed by atoms with Gasteiger partial charge in [-0.2, -0.15) is 0 Å². The van der Waals surface area contributed by atoms with Crippen molar-refractivity contribution >= 4 is 17.9 Å². The molecule has 0 aromatic rings. The molecule has 0 bridgehead atoms. The molecule has 0 N–H and O–H groups in total. The molecule has 0 fully saturated rings. The summed E-state index contributed by atoms with van der Waals surface area (Å²) in [4.78, 5) is 38.2. The molecule has 6 heteroatoms. The number of carbonyl (C=O) groups is 3. The second-order valence-corrected chi connectivity index (χ2v) is 21.3. The van der Waals surface area contributed by atoms with Gasteiger partial charge in [0, 0.05) is 19.3 Å². The van der Waals surface area contributed by atoms with E-state index in [1.165, 1.54) is 199 Å². The average molecular weight is 1020 g/mol. The van der Waals surface area contributed by atoms with E-state index in [1.54, 1.807) is 0 Å². The lowest BCUT2D eigenvalue weighted by atomic mass is 10.0. The van der Waals surface area contributed by atoms with E-state index in [4.69, 9.17) is 14.2 Å². The quantitative estimate of drug-likeness (QED) is 0.0261. The van der Waals surface area contributed by atoms with Crippen LogP contribution >= 0.6 is 0 Å². The van der Waals surface area contributed by atoms with Crippen molar-refractivity contribution < 1.29 is 28.6 Å². The minimum Gasteiger partial charge on any atom is -0.462 e. The third-order valence-corrected chi connectivity index (χ3v) is 14.0. The van der Waals surface area contributed by atoms with E-state index in [-0.39, 0.29) is 31.1 Å². The summed E-state index contributed by atoms with van der Waals surface area (Å²) >= 11 is 0. The van der Waals surface area contributed by atoms with Crippen molar-refractivity contribution in [2.45, 2.75) is 335 Å². The first kappa shape index (κ1) is 70.1. The van der Waals surface area contributed by atoms with Crippen LogP contribution in [0.2, 0.25) is 0 Å². The van der Waals surface area contributed by atoms with Crippen molar-refractivity contribution in [1.82, 2.24) is 0 Å². The van der Waals surface area contributed by atoms with Crippen LogP contribution in [0.15, 0.2) is 60.8 Å². The Balaban J connectivity index is 4.10. The number of esters is 3. The maximum atomic E-state index is 12.8. The first-order chi connectivity index (χ1) is 36.0. The topological polar surface area (TPSA) is 78.9 Å². The maximum Gasteiger partial charge on any atom is 0.306 e. The minimum absolute atomic E-state index is 0.0674. The summed E-state index contributed by atoms with van der Waals surface area (Å²) in [6.07, 6.45) is 78.1. The summed E-state index contributed by atoms with van der Waals surface area (Å²) in [6, 6.07) is 0. The third kappa shape index (κ3) is 59.9. The van der Waals surface area contributed by atoms with Crippen LogP contribution in [0.4, 0.5) is 0 Å². The van der Waals surface area contributed by atoms with Gasteiger partial charge in [0.2, 0.25) is 0 Å². The van der Waals surface area contributed by atoms with Crippen molar-refractivity contribution in [3.05, 3.63) is 60.8 Å². The lowest BCUT2D eigenvalue weighted by molar-refractivity contribution is -0.167. The van der Waals surface area contributed by atoms with E-state index in [1.807, 2.05) is 0 Å². The molecule has 0 saturated heterocycles. The number of hydrogen-bond donors (Lipinski definition) is 0. The van der Waals surface area contributed by atoms with Gasteiger partial charge in [-0.05, 0) is 64.2 Å². The zero-order valence-electron chi connectivity index (χ0n) is 48.7. The smallest absolute Gasteiger partial charge is 0.306 e. The standard InChI is InChI=1S/C67H120O6/c1-4-7-10-13-16-19-22-25-26-27-28-29-30-31-32-33-34-35-36-37-38-39-40-41-42-43-46-48-51-54-57-60-66(69)72-63-64(73-67(70)61-58-55-52-49-45-24-21-18-15-12-9-6-3)62-71-65(68)59-56-53-50-47-44-23-20-17-14-11-8-5-2/h7,10,16,19,25-26,28-29,31-32,64H,4-6,8-9,11-15,17-18,20-24,27,30,33-63H2,1-3H3/b10-7-,19-16-,26-25-,29-28-,32-31-. The third-order valence-electron chi connectivity index (χ3n) is 14.0. The van der Waals surface area contributed by atoms with Gasteiger partial charge >= 0.3 is 17.9 Å². The average Bonchev–Trinajstić information content (AvgIpc) is 3.39. The van der Waals surface area contributed by atoms with Gasteiger partial charge in [0.05, 0.1) is 0 Å². The van der Waals surface area contributed by atoms with E-state index in [0.717, 1.165) is 89.9 Å². The molecule has 0 saturated carbocycles. The zero-order chi connectivity index (χ0) is 52.9. The number of carbonyl (C=O) groups excluding carboxylic acids is 3. The van der Waals surface area contributed by atoms with Crippen molar-refractivity contribution in [1.29, 1.82) is 0 Å². The van der Waals surface area contributed by atoms with Crippen LogP contribution in [0.25, 0.3) is 0 Å². The van der Waals surface area contributed by atoms with Gasteiger partial charge in [0.1, 0.15) is 13.2 Å². The highest BCUT2D eigenvalue weighted by Gasteiger charge is 2.19. The van der Waals surface area contributed by atoms with Crippen molar-refractivity contribution in [3.63, 3.8) is 0 Å². The normalized spacial score (nSPS) is 12.4. The fourth-order valence-corrected chi connectivity index (χ4v) is 9.30. The van der Waals surface area contributed by atoms with Crippen molar-refractivity contribution in [2.75, 3.05) is 13.2 Å². The van der Waals surface area contributed by atoms with Gasteiger partial charge in [-0.25, -0.2) is 0 Å². The summed E-state index contributed by atoms with van der Waals surface area (Å²) in [5.41, 5.74) is 0. The lowest BCUT2D eigenvalue weighted by Gasteiger charge is -2.18. The molecule has 0 aliphatic carbocycles. The van der Waals surface area contributed by atoms with Crippen LogP contribution in [0.1, 0.15) is 329 Å². The lowest BCUT2D eigenvalue weighted by Crippen LogP contribution is -2.30. The van der Waals surface area contributed by atoms with Gasteiger partial charge in [0.15, 0.2) is 6.10 Å². The van der Waals surface area contributed by atoms with Crippen LogP contribution in [0.5, 0.6) is 0 Å². The van der Waals surface area contributed by atoms with E-state index in [9.17, 15) is 14.4 Å². The molecule has 0 heterocycles. The van der Waals surface area contributed by atoms with Crippen molar-refractivity contribution in [2.24, 2.45) is 0 Å². The molecule has 0 aromatic carbocycles. The Morgan fingerprint density at radius 2 is 0.534 bits per heavy atom. The van der Waals surface area contributed by atoms with Crippen LogP contribution in [-0.4, -0.2) is 37.2 Å². The largest absolute Gasteiger partial charge is 0.462 e. The van der Waals surface area contributed by atoms with Crippen LogP contribution in [-0.2, 0) is 28.6 Å². The van der Waals surface area contributed by atoms with Gasteiger partial charge in [0.25, 0.3) is 0 Å². The molecule has 424 valence electrons. The van der Waals surface area contributed by atoms with E-state index in [0.29, 0.717) is 19.3 Å². The first-order valence-corrected chi connectivity index (χ1v) is 31.8. The second kappa shape index (κ2) is 61.7. The fraction of sp³-hybridized carbons (Fsp3) is 0.806. The molecule has 1 unspecified atom stereocenters. The molecule has 0 radical (unpaired) electrons. The Labute approximate surface area is 453 Å². The molecule has 1 atom stereocenters. The van der Waals surface area contributed by atoms with Crippen LogP contribution in [0, 0.1) is 0 Å². The van der Waals surface area contributed by atoms with Crippen molar-refractivity contribution in [3.8, 4) is 0 Å². The number of allylic oxidation sites excluding steroid dienone is 10. The van der Waals surface area contributed by atoms with Crippen LogP contribution < -0.4 is 0 Å². The summed E-state index contributed by atoms with van der Waals surface area (Å²) in [6.45, 7) is 6.56. The summed E-state index contributed by atoms with van der Waals surface area (Å²) in [7, 11) is 0. The molecular weight excluding hydrogens is 901 g/mol. The molecule has 0 aromatic heterocycles. The van der Waals surface area contributed by atoms with Gasteiger partial charge < -0.3 is 14.2 Å². The number of unbranched alkanes of at least 4 members (excludes halogenated alkanes) is 37. The second-order valence-electron chi connectivity index (χ2n) is 21.3. The van der Waals surface area contributed by atoms with Gasteiger partial charge in [-0.1, -0.05) is 306 Å². The molecule has 0 rings (SSSR count). The summed E-state index contributed by atoms with van der Waals surface area (Å²) in [5, 5.41) is 0. The molecule has 6 nitrogen and oxygen atoms in total. The monoisotopic (exact) mass is 1020 g/mol. The Morgan fingerprint density at radius 1 is 0.288 bits per heavy atom. The first-order valence-electron chi connectivity index (χ1n) is 31.8. The maximum absolute atomic E-state index is 12.8. The molecule has 0 aliphatic heterocycles. The highest BCUT2D eigenvalue weighted by Crippen LogP contribution is 2.17. The molecule has 0 amide bonds. The minimum atomic E-state index is -0.768. The fourth-order valence-electron chi connectivity index (χ4n) is 9.30. The van der Waals surface area contributed by atoms with Crippen LogP contribution in [0.3, 0.4) is 0 Å². The van der Waals surface area contributed by atoms with E-state index >= 15 is 0 Å². The SMILES string of the molecule is CC/C=C\C/C=C\C/C=C\C/C=C\C/C=C\CCCCCCCCCCCCCCCCCC(=O)OCC(COC(=O)CCCCCCCCCCCCCC)OC(=O)CCCCCCCCCCCCCC. The molecular formula is C67H120O6. The molecule has 0 aliphatic rings. The number of ether oxygens (including phenoxy) is 3. The van der Waals surface area contributed by atoms with Gasteiger partial charge in [-0.15, -0.1) is 0 Å². The molecule has 0 spiro atoms. The van der Waals surface area contributed by atoms with Gasteiger partial charge in [-0.3, -0.25) is 14.4 Å². The predicted molar refractivity (Wildman–Crippen MR) is 316 cm³/mol. The highest BCUT2D eigenvalue weighted by atomic mass is 16.6. The Kier molecular flexibility index (Phi) is 59.2. The van der Waals surface area contributed by atoms with E-state index in [2.05, 4.69) is 81.5 Å². The Bertz CT molecular complexity index is 1310.